The van der Waals surface area contributed by atoms with Crippen molar-refractivity contribution in [2.75, 3.05) is 7.11 Å². The van der Waals surface area contributed by atoms with E-state index < -0.39 is 6.10 Å². The molecule has 1 unspecified atom stereocenters. The Morgan fingerprint density at radius 1 is 1.28 bits per heavy atom. The van der Waals surface area contributed by atoms with Gasteiger partial charge in [-0.3, -0.25) is 4.68 Å². The fourth-order valence-corrected chi connectivity index (χ4v) is 2.22. The third-order valence-corrected chi connectivity index (χ3v) is 3.32. The van der Waals surface area contributed by atoms with Gasteiger partial charge in [0.2, 0.25) is 0 Å². The van der Waals surface area contributed by atoms with E-state index in [1.165, 1.54) is 32.1 Å². The molecule has 4 heteroatoms. The topological polar surface area (TPSA) is 47.3 Å². The largest absolute Gasteiger partial charge is 0.493 e. The first-order chi connectivity index (χ1) is 8.70. The summed E-state index contributed by atoms with van der Waals surface area (Å²) in [6.07, 6.45) is 9.37. The Balaban J connectivity index is 2.31. The minimum absolute atomic E-state index is 0.473. The Morgan fingerprint density at radius 3 is 2.61 bits per heavy atom. The normalized spacial score (nSPS) is 12.7. The molecule has 0 fully saturated rings. The van der Waals surface area contributed by atoms with E-state index in [-0.39, 0.29) is 0 Å². The second kappa shape index (κ2) is 8.14. The van der Waals surface area contributed by atoms with Crippen LogP contribution in [-0.4, -0.2) is 22.0 Å². The van der Waals surface area contributed by atoms with E-state index in [0.717, 1.165) is 18.5 Å². The SMILES string of the molecule is CCCCCCCCC(O)c1c(OC)cnn1C. The molecular formula is C14H26N2O2. The lowest BCUT2D eigenvalue weighted by atomic mass is 10.1. The molecule has 1 aromatic heterocycles. The van der Waals surface area contributed by atoms with Gasteiger partial charge in [-0.05, 0) is 6.42 Å². The maximum atomic E-state index is 10.2. The number of aliphatic hydroxyl groups is 1. The maximum Gasteiger partial charge on any atom is 0.162 e. The molecule has 0 radical (unpaired) electrons. The third kappa shape index (κ3) is 4.33. The molecule has 1 atom stereocenters. The van der Waals surface area contributed by atoms with Crippen LogP contribution in [0.25, 0.3) is 0 Å². The van der Waals surface area contributed by atoms with E-state index in [0.29, 0.717) is 5.75 Å². The van der Waals surface area contributed by atoms with E-state index in [4.69, 9.17) is 4.74 Å². The van der Waals surface area contributed by atoms with E-state index in [9.17, 15) is 5.11 Å². The van der Waals surface area contributed by atoms with Crippen LogP contribution in [0.2, 0.25) is 0 Å². The van der Waals surface area contributed by atoms with Crippen LogP contribution in [0.15, 0.2) is 6.20 Å². The van der Waals surface area contributed by atoms with E-state index in [1.54, 1.807) is 18.0 Å². The van der Waals surface area contributed by atoms with Gasteiger partial charge in [-0.15, -0.1) is 0 Å². The molecule has 0 saturated carbocycles. The molecule has 0 spiro atoms. The fourth-order valence-electron chi connectivity index (χ4n) is 2.22. The van der Waals surface area contributed by atoms with Crippen molar-refractivity contribution in [1.29, 1.82) is 0 Å². The van der Waals surface area contributed by atoms with Gasteiger partial charge >= 0.3 is 0 Å². The summed E-state index contributed by atoms with van der Waals surface area (Å²) in [6.45, 7) is 2.22. The van der Waals surface area contributed by atoms with Crippen LogP contribution in [-0.2, 0) is 7.05 Å². The first kappa shape index (κ1) is 15.0. The Morgan fingerprint density at radius 2 is 1.94 bits per heavy atom. The zero-order chi connectivity index (χ0) is 13.4. The van der Waals surface area contributed by atoms with E-state index in [1.807, 2.05) is 7.05 Å². The molecule has 18 heavy (non-hydrogen) atoms. The predicted molar refractivity (Wildman–Crippen MR) is 72.7 cm³/mol. The molecule has 1 aromatic rings. The number of rotatable bonds is 9. The highest BCUT2D eigenvalue weighted by molar-refractivity contribution is 5.26. The molecule has 1 N–H and O–H groups in total. The molecule has 0 aromatic carbocycles. The number of nitrogens with zero attached hydrogens (tertiary/aromatic N) is 2. The molecule has 104 valence electrons. The van der Waals surface area contributed by atoms with E-state index >= 15 is 0 Å². The van der Waals surface area contributed by atoms with Crippen LogP contribution in [0.1, 0.15) is 63.7 Å². The molecule has 0 aliphatic rings. The van der Waals surface area contributed by atoms with Crippen molar-refractivity contribution in [1.82, 2.24) is 9.78 Å². The van der Waals surface area contributed by atoms with Crippen LogP contribution in [0.5, 0.6) is 5.75 Å². The van der Waals surface area contributed by atoms with Crippen LogP contribution in [0.3, 0.4) is 0 Å². The zero-order valence-corrected chi connectivity index (χ0v) is 11.9. The number of hydrogen-bond acceptors (Lipinski definition) is 3. The molecule has 4 nitrogen and oxygen atoms in total. The number of aryl methyl sites for hydroxylation is 1. The second-order valence-corrected chi connectivity index (χ2v) is 4.79. The highest BCUT2D eigenvalue weighted by Crippen LogP contribution is 2.27. The fraction of sp³-hybridized carbons (Fsp3) is 0.786. The van der Waals surface area contributed by atoms with Gasteiger partial charge in [0.15, 0.2) is 5.75 Å². The van der Waals surface area contributed by atoms with Crippen molar-refractivity contribution >= 4 is 0 Å². The van der Waals surface area contributed by atoms with Gasteiger partial charge in [-0.2, -0.15) is 5.10 Å². The average molecular weight is 254 g/mol. The van der Waals surface area contributed by atoms with Gasteiger partial charge in [0.25, 0.3) is 0 Å². The van der Waals surface area contributed by atoms with E-state index in [2.05, 4.69) is 12.0 Å². The first-order valence-corrected chi connectivity index (χ1v) is 6.94. The lowest BCUT2D eigenvalue weighted by Crippen LogP contribution is -2.06. The van der Waals surface area contributed by atoms with Gasteiger partial charge < -0.3 is 9.84 Å². The summed E-state index contributed by atoms with van der Waals surface area (Å²) in [5.74, 6) is 0.677. The summed E-state index contributed by atoms with van der Waals surface area (Å²) in [6, 6.07) is 0. The number of hydrogen-bond donors (Lipinski definition) is 1. The molecule has 0 aliphatic carbocycles. The van der Waals surface area contributed by atoms with Crippen molar-refractivity contribution < 1.29 is 9.84 Å². The van der Waals surface area contributed by atoms with Gasteiger partial charge in [0, 0.05) is 7.05 Å². The summed E-state index contributed by atoms with van der Waals surface area (Å²) < 4.78 is 6.90. The van der Waals surface area contributed by atoms with Crippen molar-refractivity contribution in [3.8, 4) is 5.75 Å². The summed E-state index contributed by atoms with van der Waals surface area (Å²) in [5.41, 5.74) is 0.783. The summed E-state index contributed by atoms with van der Waals surface area (Å²) in [7, 11) is 3.44. The maximum absolute atomic E-state index is 10.2. The lowest BCUT2D eigenvalue weighted by Gasteiger charge is -2.12. The molecule has 0 bridgehead atoms. The average Bonchev–Trinajstić information content (AvgIpc) is 2.74. The van der Waals surface area contributed by atoms with Crippen LogP contribution >= 0.6 is 0 Å². The zero-order valence-electron chi connectivity index (χ0n) is 11.9. The highest BCUT2D eigenvalue weighted by atomic mass is 16.5. The van der Waals surface area contributed by atoms with Crippen LogP contribution < -0.4 is 4.74 Å². The highest BCUT2D eigenvalue weighted by Gasteiger charge is 2.17. The quantitative estimate of drug-likeness (QED) is 0.688. The molecule has 1 heterocycles. The number of methoxy groups -OCH3 is 1. The minimum Gasteiger partial charge on any atom is -0.493 e. The third-order valence-electron chi connectivity index (χ3n) is 3.32. The predicted octanol–water partition coefficient (Wildman–Crippen LogP) is 3.21. The van der Waals surface area contributed by atoms with Crippen molar-refractivity contribution in [3.63, 3.8) is 0 Å². The Kier molecular flexibility index (Phi) is 6.80. The smallest absolute Gasteiger partial charge is 0.162 e. The lowest BCUT2D eigenvalue weighted by molar-refractivity contribution is 0.150. The van der Waals surface area contributed by atoms with Crippen molar-refractivity contribution in [3.05, 3.63) is 11.9 Å². The Bertz CT molecular complexity index is 337. The first-order valence-electron chi connectivity index (χ1n) is 6.94. The number of aromatic nitrogens is 2. The van der Waals surface area contributed by atoms with Crippen LogP contribution in [0.4, 0.5) is 0 Å². The minimum atomic E-state index is -0.473. The Hall–Kier alpha value is -1.03. The molecule has 0 amide bonds. The van der Waals surface area contributed by atoms with Crippen LogP contribution in [0, 0.1) is 0 Å². The molecular weight excluding hydrogens is 228 g/mol. The van der Waals surface area contributed by atoms with Gasteiger partial charge in [-0.1, -0.05) is 45.4 Å². The van der Waals surface area contributed by atoms with Crippen molar-refractivity contribution in [2.24, 2.45) is 7.05 Å². The number of aliphatic hydroxyl groups excluding tert-OH is 1. The Labute approximate surface area is 110 Å². The molecule has 1 rings (SSSR count). The van der Waals surface area contributed by atoms with Gasteiger partial charge in [-0.25, -0.2) is 0 Å². The molecule has 0 saturated heterocycles. The summed E-state index contributed by atoms with van der Waals surface area (Å²) >= 11 is 0. The number of unbranched alkanes of at least 4 members (excludes halogenated alkanes) is 5. The monoisotopic (exact) mass is 254 g/mol. The van der Waals surface area contributed by atoms with Gasteiger partial charge in [0.1, 0.15) is 5.69 Å². The summed E-state index contributed by atoms with van der Waals surface area (Å²) in [5, 5.41) is 14.3. The second-order valence-electron chi connectivity index (χ2n) is 4.79. The van der Waals surface area contributed by atoms with Crippen molar-refractivity contribution in [2.45, 2.75) is 58.0 Å². The van der Waals surface area contributed by atoms with Gasteiger partial charge in [0.05, 0.1) is 19.4 Å². The molecule has 0 aliphatic heterocycles. The number of ether oxygens (including phenoxy) is 1. The summed E-state index contributed by atoms with van der Waals surface area (Å²) in [4.78, 5) is 0. The standard InChI is InChI=1S/C14H26N2O2/c1-4-5-6-7-8-9-10-12(17)14-13(18-3)11-15-16(14)2/h11-12,17H,4-10H2,1-3H3.